The molecular weight excluding hydrogens is 568 g/mol. The normalized spacial score (nSPS) is 11.4. The zero-order valence-electron chi connectivity index (χ0n) is 27.7. The molecule has 0 fully saturated rings. The Morgan fingerprint density at radius 1 is 0.644 bits per heavy atom. The van der Waals surface area contributed by atoms with Gasteiger partial charge in [-0.05, 0) is 80.7 Å². The van der Waals surface area contributed by atoms with Gasteiger partial charge in [-0.15, -0.1) is 0 Å². The molecule has 4 rings (SSSR count). The van der Waals surface area contributed by atoms with Crippen molar-refractivity contribution in [2.24, 2.45) is 5.41 Å². The second kappa shape index (κ2) is 15.1. The van der Waals surface area contributed by atoms with Crippen molar-refractivity contribution in [3.8, 4) is 23.0 Å². The summed E-state index contributed by atoms with van der Waals surface area (Å²) < 4.78 is 20.2. The summed E-state index contributed by atoms with van der Waals surface area (Å²) in [7, 11) is 3.15. The number of benzene rings is 2. The predicted molar refractivity (Wildman–Crippen MR) is 183 cm³/mol. The van der Waals surface area contributed by atoms with Gasteiger partial charge in [0, 0.05) is 59.4 Å². The molecule has 0 saturated carbocycles. The van der Waals surface area contributed by atoms with Crippen LogP contribution >= 0.6 is 0 Å². The molecule has 2 aromatic heterocycles. The van der Waals surface area contributed by atoms with Crippen LogP contribution in [0.4, 0.5) is 0 Å². The molecule has 2 aromatic carbocycles. The van der Waals surface area contributed by atoms with Gasteiger partial charge < -0.3 is 28.5 Å². The monoisotopic (exact) mass is 612 g/mol. The Bertz CT molecular complexity index is 1750. The van der Waals surface area contributed by atoms with Gasteiger partial charge in [0.1, 0.15) is 0 Å². The highest BCUT2D eigenvalue weighted by Crippen LogP contribution is 2.30. The predicted octanol–water partition coefficient (Wildman–Crippen LogP) is 7.33. The molecule has 1 N–H and O–H groups in total. The van der Waals surface area contributed by atoms with Crippen LogP contribution in [0.1, 0.15) is 54.7 Å². The third kappa shape index (κ3) is 10.0. The lowest BCUT2D eigenvalue weighted by atomic mass is 9.99. The highest BCUT2D eigenvalue weighted by molar-refractivity contribution is 5.65. The molecule has 2 heterocycles. The molecule has 0 spiro atoms. The lowest BCUT2D eigenvalue weighted by molar-refractivity contribution is 0.191. The number of pyridine rings is 2. The largest absolute Gasteiger partial charge is 0.504 e. The van der Waals surface area contributed by atoms with Gasteiger partial charge in [-0.25, -0.2) is 0 Å². The molecule has 0 unspecified atom stereocenters. The van der Waals surface area contributed by atoms with Crippen molar-refractivity contribution < 1.29 is 19.3 Å². The molecule has 0 saturated heterocycles. The first-order valence-electron chi connectivity index (χ1n) is 14.6. The van der Waals surface area contributed by atoms with E-state index in [2.05, 4.69) is 20.8 Å². The van der Waals surface area contributed by atoms with E-state index in [1.807, 2.05) is 85.6 Å². The zero-order valence-corrected chi connectivity index (χ0v) is 27.7. The van der Waals surface area contributed by atoms with Crippen LogP contribution in [0.2, 0.25) is 0 Å². The van der Waals surface area contributed by atoms with Crippen molar-refractivity contribution in [1.82, 2.24) is 9.13 Å². The zero-order chi connectivity index (χ0) is 33.3. The third-order valence-corrected chi connectivity index (χ3v) is 6.81. The van der Waals surface area contributed by atoms with Gasteiger partial charge in [-0.3, -0.25) is 9.59 Å². The summed E-state index contributed by atoms with van der Waals surface area (Å²) in [5.74, 6) is 1.99. The van der Waals surface area contributed by atoms with E-state index in [0.29, 0.717) is 12.4 Å². The van der Waals surface area contributed by atoms with E-state index in [-0.39, 0.29) is 22.0 Å². The Balaban J connectivity index is 0.000000251. The van der Waals surface area contributed by atoms with E-state index >= 15 is 0 Å². The van der Waals surface area contributed by atoms with Crippen LogP contribution in [-0.4, -0.2) is 35.1 Å². The highest BCUT2D eigenvalue weighted by Gasteiger charge is 2.13. The molecule has 8 heteroatoms. The molecule has 0 amide bonds. The number of methoxy groups -OCH3 is 2. The smallest absolute Gasteiger partial charge is 0.182 e. The maximum atomic E-state index is 11.5. The molecule has 238 valence electrons. The SMILES string of the molecule is COc1ccc(/C=C/n2c(C)cc(=O)cc2C)cc1O.COc1ccc(/C=C/n2c(C)cc(=O)cc2C)cc1OCC(C)(C)C. The first-order valence-corrected chi connectivity index (χ1v) is 14.6. The minimum absolute atomic E-state index is 0.00624. The summed E-state index contributed by atoms with van der Waals surface area (Å²) in [5, 5.41) is 9.73. The van der Waals surface area contributed by atoms with Crippen LogP contribution in [0.3, 0.4) is 0 Å². The van der Waals surface area contributed by atoms with Crippen molar-refractivity contribution >= 4 is 24.6 Å². The summed E-state index contributed by atoms with van der Waals surface area (Å²) in [6, 6.07) is 17.5. The van der Waals surface area contributed by atoms with Gasteiger partial charge in [0.2, 0.25) is 0 Å². The molecular formula is C37H44N2O6. The Morgan fingerprint density at radius 3 is 1.47 bits per heavy atom. The van der Waals surface area contributed by atoms with Gasteiger partial charge in [0.15, 0.2) is 33.9 Å². The quantitative estimate of drug-likeness (QED) is 0.224. The molecule has 0 radical (unpaired) electrons. The molecule has 4 aromatic rings. The van der Waals surface area contributed by atoms with Crippen molar-refractivity contribution in [2.45, 2.75) is 48.5 Å². The number of aryl methyl sites for hydroxylation is 4. The highest BCUT2D eigenvalue weighted by atomic mass is 16.5. The Labute approximate surface area is 265 Å². The molecule has 0 aliphatic carbocycles. The lowest BCUT2D eigenvalue weighted by Crippen LogP contribution is -2.17. The summed E-state index contributed by atoms with van der Waals surface area (Å²) in [6.45, 7) is 14.6. The Kier molecular flexibility index (Phi) is 11.6. The number of ether oxygens (including phenoxy) is 3. The topological polar surface area (TPSA) is 91.9 Å². The average molecular weight is 613 g/mol. The van der Waals surface area contributed by atoms with E-state index in [0.717, 1.165) is 45.4 Å². The van der Waals surface area contributed by atoms with E-state index in [1.54, 1.807) is 43.5 Å². The first kappa shape index (κ1) is 34.5. The van der Waals surface area contributed by atoms with Crippen molar-refractivity contribution in [3.63, 3.8) is 0 Å². The van der Waals surface area contributed by atoms with Crippen LogP contribution < -0.4 is 25.1 Å². The summed E-state index contributed by atoms with van der Waals surface area (Å²) in [4.78, 5) is 22.9. The molecule has 0 aliphatic heterocycles. The van der Waals surface area contributed by atoms with Crippen molar-refractivity contribution in [3.05, 3.63) is 115 Å². The molecule has 0 bridgehead atoms. The lowest BCUT2D eigenvalue weighted by Gasteiger charge is -2.20. The number of aromatic nitrogens is 2. The summed E-state index contributed by atoms with van der Waals surface area (Å²) in [6.07, 6.45) is 7.68. The number of aromatic hydroxyl groups is 1. The second-order valence-corrected chi connectivity index (χ2v) is 12.0. The standard InChI is InChI=1S/C21H27NO3.C16H17NO3/c1-15-11-18(23)12-16(2)22(15)10-9-17-7-8-19(24-6)20(13-17)25-14-21(3,4)5;1-11-8-14(18)9-12(2)17(11)7-6-13-4-5-16(20-3)15(19)10-13/h7-13H,14H2,1-6H3;4-10,19H,1-3H3/b10-9+;7-6+. The van der Waals surface area contributed by atoms with Crippen LogP contribution in [-0.2, 0) is 0 Å². The van der Waals surface area contributed by atoms with Gasteiger partial charge in [-0.1, -0.05) is 32.9 Å². The number of phenols is 1. The van der Waals surface area contributed by atoms with Crippen molar-refractivity contribution in [1.29, 1.82) is 0 Å². The number of phenolic OH excluding ortho intramolecular Hbond substituents is 1. The van der Waals surface area contributed by atoms with Gasteiger partial charge >= 0.3 is 0 Å². The van der Waals surface area contributed by atoms with Crippen LogP contribution in [0.25, 0.3) is 24.6 Å². The maximum Gasteiger partial charge on any atom is 0.182 e. The summed E-state index contributed by atoms with van der Waals surface area (Å²) in [5.41, 5.74) is 5.49. The van der Waals surface area contributed by atoms with Gasteiger partial charge in [0.25, 0.3) is 0 Å². The van der Waals surface area contributed by atoms with E-state index in [1.165, 1.54) is 7.11 Å². The second-order valence-electron chi connectivity index (χ2n) is 12.0. The number of rotatable bonds is 8. The first-order chi connectivity index (χ1) is 21.2. The fourth-order valence-corrected chi connectivity index (χ4v) is 4.55. The third-order valence-electron chi connectivity index (χ3n) is 6.81. The van der Waals surface area contributed by atoms with Crippen LogP contribution in [0.5, 0.6) is 23.0 Å². The molecule has 45 heavy (non-hydrogen) atoms. The summed E-state index contributed by atoms with van der Waals surface area (Å²) >= 11 is 0. The van der Waals surface area contributed by atoms with E-state index < -0.39 is 0 Å². The fraction of sp³-hybridized carbons (Fsp3) is 0.297. The van der Waals surface area contributed by atoms with E-state index in [9.17, 15) is 14.7 Å². The van der Waals surface area contributed by atoms with Crippen molar-refractivity contribution in [2.75, 3.05) is 20.8 Å². The Morgan fingerprint density at radius 2 is 1.07 bits per heavy atom. The van der Waals surface area contributed by atoms with Gasteiger partial charge in [0.05, 0.1) is 20.8 Å². The molecule has 0 atom stereocenters. The van der Waals surface area contributed by atoms with Crippen LogP contribution in [0.15, 0.2) is 70.3 Å². The number of nitrogens with zero attached hydrogens (tertiary/aromatic N) is 2. The minimum Gasteiger partial charge on any atom is -0.504 e. The fourth-order valence-electron chi connectivity index (χ4n) is 4.55. The maximum absolute atomic E-state index is 11.5. The minimum atomic E-state index is 0.00624. The number of hydrogen-bond donors (Lipinski definition) is 1. The van der Waals surface area contributed by atoms with E-state index in [4.69, 9.17) is 14.2 Å². The number of hydrogen-bond acceptors (Lipinski definition) is 6. The average Bonchev–Trinajstić information content (AvgIpc) is 2.95. The molecule has 0 aliphatic rings. The Hall–Kier alpha value is -4.98. The van der Waals surface area contributed by atoms with Crippen LogP contribution in [0, 0.1) is 33.1 Å². The molecule has 8 nitrogen and oxygen atoms in total. The van der Waals surface area contributed by atoms with Gasteiger partial charge in [-0.2, -0.15) is 0 Å².